The van der Waals surface area contributed by atoms with Crippen LogP contribution in [-0.4, -0.2) is 69.5 Å². The summed E-state index contributed by atoms with van der Waals surface area (Å²) in [5.41, 5.74) is 6.37. The molecular formula is C23H34N4O6. The van der Waals surface area contributed by atoms with E-state index in [1.54, 1.807) is 12.1 Å². The van der Waals surface area contributed by atoms with Gasteiger partial charge >= 0.3 is 5.97 Å². The molecule has 0 spiro atoms. The van der Waals surface area contributed by atoms with E-state index in [2.05, 4.69) is 10.6 Å². The van der Waals surface area contributed by atoms with Crippen molar-refractivity contribution in [1.82, 2.24) is 15.5 Å². The number of phenolic OH excluding ortho intramolecular Hbond substituents is 1. The molecule has 1 fully saturated rings. The van der Waals surface area contributed by atoms with Crippen LogP contribution in [0.2, 0.25) is 0 Å². The third kappa shape index (κ3) is 7.45. The van der Waals surface area contributed by atoms with Crippen molar-refractivity contribution in [1.29, 1.82) is 0 Å². The number of likely N-dealkylation sites (tertiary alicyclic amines) is 1. The first-order valence-electron chi connectivity index (χ1n) is 11.2. The molecule has 6 N–H and O–H groups in total. The molecule has 33 heavy (non-hydrogen) atoms. The van der Waals surface area contributed by atoms with Crippen molar-refractivity contribution in [2.75, 3.05) is 6.54 Å². The zero-order valence-corrected chi connectivity index (χ0v) is 19.3. The predicted octanol–water partition coefficient (Wildman–Crippen LogP) is 0.373. The number of carbonyl (C=O) groups excluding carboxylic acids is 3. The molecule has 0 aliphatic carbocycles. The maximum atomic E-state index is 13.4. The van der Waals surface area contributed by atoms with Crippen LogP contribution in [-0.2, 0) is 25.6 Å². The van der Waals surface area contributed by atoms with Gasteiger partial charge in [-0.25, -0.2) is 4.79 Å². The summed E-state index contributed by atoms with van der Waals surface area (Å²) in [6, 6.07) is 2.60. The van der Waals surface area contributed by atoms with Gasteiger partial charge in [0.2, 0.25) is 17.7 Å². The molecular weight excluding hydrogens is 428 g/mol. The summed E-state index contributed by atoms with van der Waals surface area (Å²) in [5, 5.41) is 24.2. The molecule has 0 saturated carbocycles. The molecule has 1 aliphatic heterocycles. The number of aromatic hydroxyl groups is 1. The van der Waals surface area contributed by atoms with Gasteiger partial charge in [-0.15, -0.1) is 0 Å². The number of hydrogen-bond donors (Lipinski definition) is 5. The lowest BCUT2D eigenvalue weighted by Gasteiger charge is -2.30. The molecule has 0 aromatic heterocycles. The Kier molecular flexibility index (Phi) is 9.22. The molecule has 1 aliphatic rings. The van der Waals surface area contributed by atoms with Crippen molar-refractivity contribution in [3.63, 3.8) is 0 Å². The smallest absolute Gasteiger partial charge is 0.326 e. The molecule has 1 aromatic rings. The van der Waals surface area contributed by atoms with Gasteiger partial charge in [0.1, 0.15) is 23.9 Å². The number of nitrogens with two attached hydrogens (primary N) is 1. The van der Waals surface area contributed by atoms with Crippen LogP contribution in [0.4, 0.5) is 0 Å². The van der Waals surface area contributed by atoms with Crippen LogP contribution < -0.4 is 16.4 Å². The number of amides is 3. The molecule has 10 heteroatoms. The number of carboxylic acids is 1. The number of nitrogens with one attached hydrogen (secondary N) is 2. The van der Waals surface area contributed by atoms with Gasteiger partial charge in [-0.3, -0.25) is 14.4 Å². The Bertz CT molecular complexity index is 855. The summed E-state index contributed by atoms with van der Waals surface area (Å²) < 4.78 is 0. The zero-order chi connectivity index (χ0) is 24.7. The first-order chi connectivity index (χ1) is 15.5. The van der Waals surface area contributed by atoms with Gasteiger partial charge in [0.25, 0.3) is 0 Å². The van der Waals surface area contributed by atoms with Crippen LogP contribution in [0.1, 0.15) is 45.6 Å². The first-order valence-corrected chi connectivity index (χ1v) is 11.2. The van der Waals surface area contributed by atoms with Gasteiger partial charge in [-0.05, 0) is 49.8 Å². The monoisotopic (exact) mass is 462 g/mol. The SMILES string of the molecule is CC(C)CC(NC(=O)C1CCCN1C(=O)C(Cc1ccc(O)cc1)NC(=O)C(C)N)C(=O)O. The maximum absolute atomic E-state index is 13.4. The Hall–Kier alpha value is -3.14. The molecule has 2 rings (SSSR count). The number of phenols is 1. The van der Waals surface area contributed by atoms with Gasteiger partial charge in [0.15, 0.2) is 0 Å². The Morgan fingerprint density at radius 3 is 2.27 bits per heavy atom. The fraction of sp³-hybridized carbons (Fsp3) is 0.565. The van der Waals surface area contributed by atoms with E-state index in [4.69, 9.17) is 5.73 Å². The number of aliphatic carboxylic acids is 1. The lowest BCUT2D eigenvalue weighted by Crippen LogP contribution is -2.57. The first kappa shape index (κ1) is 26.1. The summed E-state index contributed by atoms with van der Waals surface area (Å²) in [4.78, 5) is 51.5. The maximum Gasteiger partial charge on any atom is 0.326 e. The number of benzene rings is 1. The minimum atomic E-state index is -1.12. The average molecular weight is 463 g/mol. The fourth-order valence-corrected chi connectivity index (χ4v) is 3.84. The second-order valence-corrected chi connectivity index (χ2v) is 8.94. The van der Waals surface area contributed by atoms with Crippen molar-refractivity contribution in [3.05, 3.63) is 29.8 Å². The van der Waals surface area contributed by atoms with E-state index in [1.807, 2.05) is 13.8 Å². The predicted molar refractivity (Wildman–Crippen MR) is 121 cm³/mol. The van der Waals surface area contributed by atoms with Gasteiger partial charge in [-0.2, -0.15) is 0 Å². The molecule has 4 unspecified atom stereocenters. The molecule has 3 amide bonds. The van der Waals surface area contributed by atoms with E-state index in [1.165, 1.54) is 24.0 Å². The highest BCUT2D eigenvalue weighted by molar-refractivity contribution is 5.94. The number of carboxylic acid groups (broad SMARTS) is 1. The van der Waals surface area contributed by atoms with E-state index >= 15 is 0 Å². The number of rotatable bonds is 10. The van der Waals surface area contributed by atoms with Crippen molar-refractivity contribution < 1.29 is 29.4 Å². The number of hydrogen-bond acceptors (Lipinski definition) is 6. The Balaban J connectivity index is 2.20. The van der Waals surface area contributed by atoms with Gasteiger partial charge in [0, 0.05) is 13.0 Å². The molecule has 10 nitrogen and oxygen atoms in total. The Labute approximate surface area is 193 Å². The van der Waals surface area contributed by atoms with Crippen molar-refractivity contribution in [2.45, 2.75) is 70.6 Å². The van der Waals surface area contributed by atoms with Gasteiger partial charge in [0.05, 0.1) is 6.04 Å². The zero-order valence-electron chi connectivity index (χ0n) is 19.3. The molecule has 1 heterocycles. The average Bonchev–Trinajstić information content (AvgIpc) is 3.23. The Morgan fingerprint density at radius 2 is 1.73 bits per heavy atom. The lowest BCUT2D eigenvalue weighted by atomic mass is 10.0. The van der Waals surface area contributed by atoms with Gasteiger partial charge in [-0.1, -0.05) is 26.0 Å². The number of carbonyl (C=O) groups is 4. The third-order valence-corrected chi connectivity index (χ3v) is 5.56. The highest BCUT2D eigenvalue weighted by atomic mass is 16.4. The molecule has 1 saturated heterocycles. The van der Waals surface area contributed by atoms with E-state index in [0.717, 1.165) is 0 Å². The van der Waals surface area contributed by atoms with E-state index < -0.39 is 47.9 Å². The van der Waals surface area contributed by atoms with Crippen LogP contribution >= 0.6 is 0 Å². The normalized spacial score (nSPS) is 18.5. The van der Waals surface area contributed by atoms with Gasteiger partial charge < -0.3 is 31.5 Å². The third-order valence-electron chi connectivity index (χ3n) is 5.56. The highest BCUT2D eigenvalue weighted by Crippen LogP contribution is 2.21. The topological polar surface area (TPSA) is 162 Å². The van der Waals surface area contributed by atoms with Crippen molar-refractivity contribution >= 4 is 23.7 Å². The van der Waals surface area contributed by atoms with Crippen LogP contribution in [0, 0.1) is 5.92 Å². The summed E-state index contributed by atoms with van der Waals surface area (Å²) >= 11 is 0. The summed E-state index contributed by atoms with van der Waals surface area (Å²) in [6.07, 6.45) is 1.40. The van der Waals surface area contributed by atoms with Crippen LogP contribution in [0.5, 0.6) is 5.75 Å². The number of nitrogens with zero attached hydrogens (tertiary/aromatic N) is 1. The second kappa shape index (κ2) is 11.6. The van der Waals surface area contributed by atoms with Crippen LogP contribution in [0.25, 0.3) is 0 Å². The Morgan fingerprint density at radius 1 is 1.09 bits per heavy atom. The summed E-state index contributed by atoms with van der Waals surface area (Å²) in [5.74, 6) is -2.44. The minimum absolute atomic E-state index is 0.0656. The molecule has 182 valence electrons. The highest BCUT2D eigenvalue weighted by Gasteiger charge is 2.39. The van der Waals surface area contributed by atoms with Crippen LogP contribution in [0.15, 0.2) is 24.3 Å². The molecule has 0 bridgehead atoms. The van der Waals surface area contributed by atoms with E-state index in [0.29, 0.717) is 24.9 Å². The fourth-order valence-electron chi connectivity index (χ4n) is 3.84. The summed E-state index contributed by atoms with van der Waals surface area (Å²) in [6.45, 7) is 5.55. The quantitative estimate of drug-likeness (QED) is 0.335. The van der Waals surface area contributed by atoms with Crippen molar-refractivity contribution in [3.8, 4) is 5.75 Å². The standard InChI is InChI=1S/C23H34N4O6/c1-13(2)11-18(23(32)33)26-21(30)19-5-4-10-27(19)22(31)17(25-20(29)14(3)24)12-15-6-8-16(28)9-7-15/h6-9,13-14,17-19,28H,4-5,10-12,24H2,1-3H3,(H,25,29)(H,26,30)(H,32,33). The van der Waals surface area contributed by atoms with E-state index in [9.17, 15) is 29.4 Å². The molecule has 4 atom stereocenters. The molecule has 1 aromatic carbocycles. The minimum Gasteiger partial charge on any atom is -0.508 e. The van der Waals surface area contributed by atoms with E-state index in [-0.39, 0.29) is 24.5 Å². The second-order valence-electron chi connectivity index (χ2n) is 8.94. The van der Waals surface area contributed by atoms with Crippen molar-refractivity contribution in [2.24, 2.45) is 11.7 Å². The summed E-state index contributed by atoms with van der Waals surface area (Å²) in [7, 11) is 0. The molecule has 0 radical (unpaired) electrons. The van der Waals surface area contributed by atoms with Crippen LogP contribution in [0.3, 0.4) is 0 Å². The lowest BCUT2D eigenvalue weighted by molar-refractivity contribution is -0.145. The largest absolute Gasteiger partial charge is 0.508 e.